The summed E-state index contributed by atoms with van der Waals surface area (Å²) < 4.78 is 30.6. The molecule has 1 amide bonds. The number of hydrogen-bond acceptors (Lipinski definition) is 5. The van der Waals surface area contributed by atoms with E-state index in [1.165, 1.54) is 24.1 Å². The SMILES string of the molecule is CCN(CC(=O)OC)C(=O)CNS(=O)(=O)c1ccccc1. The lowest BCUT2D eigenvalue weighted by Gasteiger charge is -2.19. The van der Waals surface area contributed by atoms with Crippen molar-refractivity contribution < 1.29 is 22.7 Å². The van der Waals surface area contributed by atoms with Crippen LogP contribution in [-0.4, -0.2) is 51.9 Å². The van der Waals surface area contributed by atoms with Crippen molar-refractivity contribution in [3.05, 3.63) is 30.3 Å². The van der Waals surface area contributed by atoms with Gasteiger partial charge in [-0.05, 0) is 19.1 Å². The number of nitrogens with zero attached hydrogens (tertiary/aromatic N) is 1. The van der Waals surface area contributed by atoms with Gasteiger partial charge in [-0.25, -0.2) is 13.1 Å². The zero-order chi connectivity index (χ0) is 15.9. The summed E-state index contributed by atoms with van der Waals surface area (Å²) in [6.45, 7) is 1.34. The van der Waals surface area contributed by atoms with E-state index < -0.39 is 28.4 Å². The first-order valence-electron chi connectivity index (χ1n) is 6.30. The lowest BCUT2D eigenvalue weighted by atomic mass is 10.4. The van der Waals surface area contributed by atoms with Gasteiger partial charge in [-0.1, -0.05) is 18.2 Å². The number of methoxy groups -OCH3 is 1. The maximum Gasteiger partial charge on any atom is 0.325 e. The number of carbonyl (C=O) groups excluding carboxylic acids is 2. The van der Waals surface area contributed by atoms with Crippen LogP contribution in [0.25, 0.3) is 0 Å². The molecule has 0 aliphatic heterocycles. The molecule has 1 rings (SSSR count). The Morgan fingerprint density at radius 3 is 2.38 bits per heavy atom. The highest BCUT2D eigenvalue weighted by Gasteiger charge is 2.19. The number of carbonyl (C=O) groups is 2. The Kier molecular flexibility index (Phi) is 6.32. The highest BCUT2D eigenvalue weighted by atomic mass is 32.2. The lowest BCUT2D eigenvalue weighted by Crippen LogP contribution is -2.42. The number of hydrogen-bond donors (Lipinski definition) is 1. The van der Waals surface area contributed by atoms with E-state index in [0.717, 1.165) is 0 Å². The topological polar surface area (TPSA) is 92.8 Å². The van der Waals surface area contributed by atoms with Crippen LogP contribution in [0.15, 0.2) is 35.2 Å². The van der Waals surface area contributed by atoms with Gasteiger partial charge in [-0.2, -0.15) is 0 Å². The molecule has 0 saturated carbocycles. The van der Waals surface area contributed by atoms with Crippen molar-refractivity contribution in [2.24, 2.45) is 0 Å². The van der Waals surface area contributed by atoms with Crippen molar-refractivity contribution in [3.63, 3.8) is 0 Å². The largest absolute Gasteiger partial charge is 0.468 e. The van der Waals surface area contributed by atoms with Crippen LogP contribution in [0.1, 0.15) is 6.92 Å². The van der Waals surface area contributed by atoms with Crippen LogP contribution in [-0.2, 0) is 24.3 Å². The smallest absolute Gasteiger partial charge is 0.325 e. The summed E-state index contributed by atoms with van der Waals surface area (Å²) in [4.78, 5) is 24.3. The average molecular weight is 314 g/mol. The van der Waals surface area contributed by atoms with Crippen molar-refractivity contribution in [1.82, 2.24) is 9.62 Å². The summed E-state index contributed by atoms with van der Waals surface area (Å²) in [6.07, 6.45) is 0. The third-order valence-electron chi connectivity index (χ3n) is 2.75. The van der Waals surface area contributed by atoms with Crippen molar-refractivity contribution in [1.29, 1.82) is 0 Å². The molecule has 0 spiro atoms. The summed E-state index contributed by atoms with van der Waals surface area (Å²) in [6, 6.07) is 7.73. The van der Waals surface area contributed by atoms with E-state index in [1.54, 1.807) is 25.1 Å². The molecule has 0 atom stereocenters. The molecule has 8 heteroatoms. The molecule has 1 aromatic carbocycles. The van der Waals surface area contributed by atoms with Gasteiger partial charge in [0.2, 0.25) is 15.9 Å². The lowest BCUT2D eigenvalue weighted by molar-refractivity contribution is -0.146. The molecule has 0 aliphatic rings. The van der Waals surface area contributed by atoms with E-state index in [2.05, 4.69) is 9.46 Å². The van der Waals surface area contributed by atoms with Crippen molar-refractivity contribution >= 4 is 21.9 Å². The normalized spacial score (nSPS) is 11.0. The molecule has 1 N–H and O–H groups in total. The molecule has 21 heavy (non-hydrogen) atoms. The Bertz CT molecular complexity index is 586. The van der Waals surface area contributed by atoms with E-state index in [9.17, 15) is 18.0 Å². The van der Waals surface area contributed by atoms with E-state index in [1.807, 2.05) is 0 Å². The molecular weight excluding hydrogens is 296 g/mol. The monoisotopic (exact) mass is 314 g/mol. The molecule has 0 aliphatic carbocycles. The highest BCUT2D eigenvalue weighted by Crippen LogP contribution is 2.06. The molecule has 0 unspecified atom stereocenters. The quantitative estimate of drug-likeness (QED) is 0.714. The Morgan fingerprint density at radius 1 is 1.24 bits per heavy atom. The van der Waals surface area contributed by atoms with Crippen LogP contribution in [0.2, 0.25) is 0 Å². The number of sulfonamides is 1. The van der Waals surface area contributed by atoms with Gasteiger partial charge in [0.05, 0.1) is 18.6 Å². The minimum absolute atomic E-state index is 0.0776. The maximum atomic E-state index is 12.0. The van der Waals surface area contributed by atoms with E-state index in [0.29, 0.717) is 0 Å². The molecule has 0 heterocycles. The number of benzene rings is 1. The third kappa shape index (κ3) is 5.16. The number of ether oxygens (including phenoxy) is 1. The van der Waals surface area contributed by atoms with Gasteiger partial charge in [-0.3, -0.25) is 9.59 Å². The minimum Gasteiger partial charge on any atom is -0.468 e. The Hall–Kier alpha value is -1.93. The van der Waals surface area contributed by atoms with Crippen LogP contribution < -0.4 is 4.72 Å². The minimum atomic E-state index is -3.74. The first kappa shape index (κ1) is 17.1. The molecule has 0 bridgehead atoms. The summed E-state index contributed by atoms with van der Waals surface area (Å²) in [5, 5.41) is 0. The highest BCUT2D eigenvalue weighted by molar-refractivity contribution is 7.89. The zero-order valence-corrected chi connectivity index (χ0v) is 12.7. The number of amides is 1. The van der Waals surface area contributed by atoms with Crippen LogP contribution >= 0.6 is 0 Å². The van der Waals surface area contributed by atoms with Crippen LogP contribution in [0.3, 0.4) is 0 Å². The standard InChI is InChI=1S/C13H18N2O5S/c1-3-15(10-13(17)20-2)12(16)9-14-21(18,19)11-7-5-4-6-8-11/h4-8,14H,3,9-10H2,1-2H3. The van der Waals surface area contributed by atoms with Gasteiger partial charge in [-0.15, -0.1) is 0 Å². The summed E-state index contributed by atoms with van der Waals surface area (Å²) >= 11 is 0. The van der Waals surface area contributed by atoms with E-state index in [4.69, 9.17) is 0 Å². The first-order valence-corrected chi connectivity index (χ1v) is 7.78. The number of likely N-dealkylation sites (N-methyl/N-ethyl adjacent to an activating group) is 1. The van der Waals surface area contributed by atoms with Crippen LogP contribution in [0, 0.1) is 0 Å². The molecule has 1 aromatic rings. The Balaban J connectivity index is 2.65. The third-order valence-corrected chi connectivity index (χ3v) is 4.17. The van der Waals surface area contributed by atoms with Crippen molar-refractivity contribution in [3.8, 4) is 0 Å². The van der Waals surface area contributed by atoms with Crippen LogP contribution in [0.4, 0.5) is 0 Å². The molecule has 0 aromatic heterocycles. The van der Waals surface area contributed by atoms with E-state index in [-0.39, 0.29) is 18.0 Å². The molecule has 0 radical (unpaired) electrons. The summed E-state index contributed by atoms with van der Waals surface area (Å²) in [5.74, 6) is -1.06. The number of nitrogens with one attached hydrogen (secondary N) is 1. The van der Waals surface area contributed by atoms with Gasteiger partial charge < -0.3 is 9.64 Å². The fourth-order valence-electron chi connectivity index (χ4n) is 1.55. The summed E-state index contributed by atoms with van der Waals surface area (Å²) in [7, 11) is -2.52. The number of rotatable bonds is 7. The molecule has 116 valence electrons. The average Bonchev–Trinajstić information content (AvgIpc) is 2.50. The van der Waals surface area contributed by atoms with Gasteiger partial charge in [0.25, 0.3) is 0 Å². The number of esters is 1. The fraction of sp³-hybridized carbons (Fsp3) is 0.385. The zero-order valence-electron chi connectivity index (χ0n) is 11.9. The second-order valence-electron chi connectivity index (χ2n) is 4.12. The van der Waals surface area contributed by atoms with E-state index >= 15 is 0 Å². The van der Waals surface area contributed by atoms with Gasteiger partial charge in [0.15, 0.2) is 0 Å². The van der Waals surface area contributed by atoms with Gasteiger partial charge >= 0.3 is 5.97 Å². The van der Waals surface area contributed by atoms with Crippen molar-refractivity contribution in [2.75, 3.05) is 26.7 Å². The van der Waals surface area contributed by atoms with Gasteiger partial charge in [0, 0.05) is 6.54 Å². The predicted molar refractivity (Wildman–Crippen MR) is 75.9 cm³/mol. The van der Waals surface area contributed by atoms with Crippen LogP contribution in [0.5, 0.6) is 0 Å². The molecule has 0 saturated heterocycles. The molecule has 7 nitrogen and oxygen atoms in total. The fourth-order valence-corrected chi connectivity index (χ4v) is 2.54. The Labute approximate surface area is 123 Å². The Morgan fingerprint density at radius 2 is 1.86 bits per heavy atom. The second-order valence-corrected chi connectivity index (χ2v) is 5.89. The predicted octanol–water partition coefficient (Wildman–Crippen LogP) is -0.0136. The second kappa shape index (κ2) is 7.75. The molecule has 0 fully saturated rings. The summed E-state index contributed by atoms with van der Waals surface area (Å²) in [5.41, 5.74) is 0. The van der Waals surface area contributed by atoms with Crippen molar-refractivity contribution in [2.45, 2.75) is 11.8 Å². The first-order chi connectivity index (χ1) is 9.90. The molecular formula is C13H18N2O5S. The maximum absolute atomic E-state index is 12.0. The van der Waals surface area contributed by atoms with Gasteiger partial charge in [0.1, 0.15) is 6.54 Å².